The van der Waals surface area contributed by atoms with Gasteiger partial charge in [0.05, 0.1) is 19.8 Å². The van der Waals surface area contributed by atoms with Crippen LogP contribution in [0.4, 0.5) is 5.82 Å². The Balaban J connectivity index is 1.61. The van der Waals surface area contributed by atoms with Crippen LogP contribution in [0, 0.1) is 0 Å². The molecule has 1 amide bonds. The Bertz CT molecular complexity index is 959. The van der Waals surface area contributed by atoms with E-state index in [4.69, 9.17) is 14.3 Å². The van der Waals surface area contributed by atoms with Crippen LogP contribution >= 0.6 is 0 Å². The lowest BCUT2D eigenvalue weighted by Crippen LogP contribution is -2.28. The van der Waals surface area contributed by atoms with Crippen LogP contribution in [0.25, 0.3) is 0 Å². The van der Waals surface area contributed by atoms with Gasteiger partial charge in [0.1, 0.15) is 23.9 Å². The summed E-state index contributed by atoms with van der Waals surface area (Å²) in [5.74, 6) is 1.78. The number of carbonyl (C=O) groups is 1. The van der Waals surface area contributed by atoms with Gasteiger partial charge >= 0.3 is 0 Å². The molecule has 0 spiro atoms. The van der Waals surface area contributed by atoms with Gasteiger partial charge in [-0.2, -0.15) is 0 Å². The summed E-state index contributed by atoms with van der Waals surface area (Å²) in [4.78, 5) is 22.8. The third kappa shape index (κ3) is 5.48. The zero-order chi connectivity index (χ0) is 21.3. The number of ether oxygens (including phenoxy) is 2. The average Bonchev–Trinajstić information content (AvgIpc) is 2.81. The van der Waals surface area contributed by atoms with Crippen molar-refractivity contribution in [2.24, 2.45) is 0 Å². The van der Waals surface area contributed by atoms with Crippen molar-refractivity contribution < 1.29 is 19.1 Å². The van der Waals surface area contributed by atoms with Gasteiger partial charge < -0.3 is 14.8 Å². The highest BCUT2D eigenvalue weighted by atomic mass is 16.7. The third-order valence-electron chi connectivity index (χ3n) is 4.53. The second-order valence-corrected chi connectivity index (χ2v) is 6.53. The lowest BCUT2D eigenvalue weighted by Gasteiger charge is -2.19. The van der Waals surface area contributed by atoms with Crippen LogP contribution < -0.4 is 14.8 Å². The lowest BCUT2D eigenvalue weighted by molar-refractivity contribution is -0.116. The minimum absolute atomic E-state index is 0.265. The molecule has 1 heterocycles. The summed E-state index contributed by atoms with van der Waals surface area (Å²) in [6, 6.07) is 18.6. The van der Waals surface area contributed by atoms with Crippen molar-refractivity contribution in [3.8, 4) is 11.5 Å². The SMILES string of the molecule is COc1ccc(CNc2ncccc2C(=O)N(C)OCc2ccc(OC)cc2)cc1. The molecule has 0 aliphatic carbocycles. The molecule has 0 aliphatic heterocycles. The summed E-state index contributed by atoms with van der Waals surface area (Å²) in [6.07, 6.45) is 1.64. The number of pyridine rings is 1. The number of amides is 1. The number of nitrogens with zero attached hydrogens (tertiary/aromatic N) is 2. The molecule has 3 rings (SSSR count). The maximum Gasteiger partial charge on any atom is 0.280 e. The monoisotopic (exact) mass is 407 g/mol. The summed E-state index contributed by atoms with van der Waals surface area (Å²) in [5, 5.41) is 4.44. The maximum atomic E-state index is 12.9. The fraction of sp³-hybridized carbons (Fsp3) is 0.217. The van der Waals surface area contributed by atoms with Gasteiger partial charge in [-0.3, -0.25) is 9.63 Å². The summed E-state index contributed by atoms with van der Waals surface area (Å²) in [5.41, 5.74) is 2.41. The first-order valence-electron chi connectivity index (χ1n) is 9.46. The minimum atomic E-state index is -0.283. The van der Waals surface area contributed by atoms with E-state index in [2.05, 4.69) is 10.3 Å². The van der Waals surface area contributed by atoms with Gasteiger partial charge in [-0.05, 0) is 47.5 Å². The molecule has 0 atom stereocenters. The Kier molecular flexibility index (Phi) is 7.24. The Morgan fingerprint density at radius 1 is 0.933 bits per heavy atom. The number of benzene rings is 2. The second-order valence-electron chi connectivity index (χ2n) is 6.53. The first-order valence-corrected chi connectivity index (χ1v) is 9.46. The zero-order valence-corrected chi connectivity index (χ0v) is 17.3. The maximum absolute atomic E-state index is 12.9. The van der Waals surface area contributed by atoms with Gasteiger partial charge in [0, 0.05) is 19.8 Å². The molecule has 0 saturated carbocycles. The van der Waals surface area contributed by atoms with E-state index in [1.807, 2.05) is 48.5 Å². The largest absolute Gasteiger partial charge is 0.497 e. The zero-order valence-electron chi connectivity index (χ0n) is 17.3. The highest BCUT2D eigenvalue weighted by Crippen LogP contribution is 2.18. The predicted octanol–water partition coefficient (Wildman–Crippen LogP) is 3.91. The van der Waals surface area contributed by atoms with E-state index in [-0.39, 0.29) is 12.5 Å². The molecule has 7 heteroatoms. The highest BCUT2D eigenvalue weighted by Gasteiger charge is 2.17. The number of hydrogen-bond acceptors (Lipinski definition) is 6. The Hall–Kier alpha value is -3.58. The third-order valence-corrected chi connectivity index (χ3v) is 4.53. The average molecular weight is 407 g/mol. The van der Waals surface area contributed by atoms with E-state index >= 15 is 0 Å². The van der Waals surface area contributed by atoms with E-state index in [1.165, 1.54) is 5.06 Å². The van der Waals surface area contributed by atoms with Crippen LogP contribution in [0.1, 0.15) is 21.5 Å². The number of hydrogen-bond donors (Lipinski definition) is 1. The summed E-state index contributed by atoms with van der Waals surface area (Å²) in [7, 11) is 4.84. The van der Waals surface area contributed by atoms with E-state index in [0.717, 1.165) is 22.6 Å². The molecule has 2 aromatic carbocycles. The molecule has 0 fully saturated rings. The van der Waals surface area contributed by atoms with E-state index in [1.54, 1.807) is 39.6 Å². The van der Waals surface area contributed by atoms with Crippen LogP contribution in [0.3, 0.4) is 0 Å². The van der Waals surface area contributed by atoms with E-state index in [9.17, 15) is 4.79 Å². The Morgan fingerprint density at radius 3 is 2.13 bits per heavy atom. The number of aromatic nitrogens is 1. The highest BCUT2D eigenvalue weighted by molar-refractivity contribution is 5.97. The van der Waals surface area contributed by atoms with Gasteiger partial charge in [0.25, 0.3) is 5.91 Å². The molecule has 1 N–H and O–H groups in total. The number of rotatable bonds is 9. The minimum Gasteiger partial charge on any atom is -0.497 e. The van der Waals surface area contributed by atoms with Crippen LogP contribution in [-0.4, -0.2) is 37.2 Å². The summed E-state index contributed by atoms with van der Waals surface area (Å²) >= 11 is 0. The molecule has 0 unspecified atom stereocenters. The van der Waals surface area contributed by atoms with Crippen molar-refractivity contribution in [1.29, 1.82) is 0 Å². The fourth-order valence-corrected chi connectivity index (χ4v) is 2.77. The smallest absolute Gasteiger partial charge is 0.280 e. The fourth-order valence-electron chi connectivity index (χ4n) is 2.77. The quantitative estimate of drug-likeness (QED) is 0.542. The number of methoxy groups -OCH3 is 2. The Labute approximate surface area is 176 Å². The Morgan fingerprint density at radius 2 is 1.53 bits per heavy atom. The number of anilines is 1. The van der Waals surface area contributed by atoms with Crippen molar-refractivity contribution in [2.45, 2.75) is 13.2 Å². The molecule has 3 aromatic rings. The molecule has 0 saturated heterocycles. The van der Waals surface area contributed by atoms with Crippen molar-refractivity contribution in [2.75, 3.05) is 26.6 Å². The standard InChI is InChI=1S/C23H25N3O4/c1-26(30-16-18-8-12-20(29-3)13-9-18)23(27)21-5-4-14-24-22(21)25-15-17-6-10-19(28-2)11-7-17/h4-14H,15-16H2,1-3H3,(H,24,25). The summed E-state index contributed by atoms with van der Waals surface area (Å²) in [6.45, 7) is 0.790. The topological polar surface area (TPSA) is 72.9 Å². The molecule has 156 valence electrons. The molecule has 1 aromatic heterocycles. The van der Waals surface area contributed by atoms with Gasteiger partial charge in [0.15, 0.2) is 0 Å². The summed E-state index contributed by atoms with van der Waals surface area (Å²) < 4.78 is 10.3. The van der Waals surface area contributed by atoms with Crippen molar-refractivity contribution >= 4 is 11.7 Å². The molecule has 0 radical (unpaired) electrons. The van der Waals surface area contributed by atoms with Crippen LogP contribution in [0.2, 0.25) is 0 Å². The van der Waals surface area contributed by atoms with Crippen molar-refractivity contribution in [1.82, 2.24) is 10.0 Å². The van der Waals surface area contributed by atoms with E-state index in [0.29, 0.717) is 17.9 Å². The molecule has 0 aliphatic rings. The molecule has 30 heavy (non-hydrogen) atoms. The van der Waals surface area contributed by atoms with Gasteiger partial charge in [-0.25, -0.2) is 10.0 Å². The van der Waals surface area contributed by atoms with Crippen LogP contribution in [-0.2, 0) is 18.0 Å². The predicted molar refractivity (Wildman–Crippen MR) is 114 cm³/mol. The molecule has 0 bridgehead atoms. The van der Waals surface area contributed by atoms with Crippen LogP contribution in [0.15, 0.2) is 66.9 Å². The molecular weight excluding hydrogens is 382 g/mol. The van der Waals surface area contributed by atoms with E-state index < -0.39 is 0 Å². The lowest BCUT2D eigenvalue weighted by atomic mass is 10.2. The van der Waals surface area contributed by atoms with Gasteiger partial charge in [0.2, 0.25) is 0 Å². The first kappa shape index (κ1) is 21.1. The second kappa shape index (κ2) is 10.3. The number of hydroxylamine groups is 2. The number of nitrogens with one attached hydrogen (secondary N) is 1. The van der Waals surface area contributed by atoms with Gasteiger partial charge in [-0.15, -0.1) is 0 Å². The first-order chi connectivity index (χ1) is 14.6. The normalized spacial score (nSPS) is 10.4. The van der Waals surface area contributed by atoms with Crippen molar-refractivity contribution in [3.63, 3.8) is 0 Å². The van der Waals surface area contributed by atoms with Gasteiger partial charge in [-0.1, -0.05) is 24.3 Å². The van der Waals surface area contributed by atoms with Crippen LogP contribution in [0.5, 0.6) is 11.5 Å². The molecule has 7 nitrogen and oxygen atoms in total. The number of carbonyl (C=O) groups excluding carboxylic acids is 1. The molecular formula is C23H25N3O4. The van der Waals surface area contributed by atoms with Crippen molar-refractivity contribution in [3.05, 3.63) is 83.6 Å².